The fraction of sp³-hybridized carbons (Fsp3) is 0.0625. The highest BCUT2D eigenvalue weighted by Gasteiger charge is 2.03. The van der Waals surface area contributed by atoms with Gasteiger partial charge in [-0.25, -0.2) is 4.98 Å². The Morgan fingerprint density at radius 1 is 1.10 bits per heavy atom. The van der Waals surface area contributed by atoms with E-state index in [1.807, 2.05) is 41.1 Å². The topological polar surface area (TPSA) is 29.9 Å². The van der Waals surface area contributed by atoms with Crippen molar-refractivity contribution in [3.63, 3.8) is 0 Å². The first kappa shape index (κ1) is 12.8. The van der Waals surface area contributed by atoms with Crippen LogP contribution in [0.15, 0.2) is 67.3 Å². The molecule has 0 amide bonds. The molecule has 2 aromatic carbocycles. The zero-order valence-electron chi connectivity index (χ0n) is 10.8. The van der Waals surface area contributed by atoms with Crippen LogP contribution in [0.1, 0.15) is 5.56 Å². The molecule has 0 radical (unpaired) electrons. The van der Waals surface area contributed by atoms with Crippen LogP contribution in [-0.4, -0.2) is 9.55 Å². The molecule has 0 aliphatic heterocycles. The summed E-state index contributed by atoms with van der Waals surface area (Å²) in [6.45, 7) is 0.728. The van der Waals surface area contributed by atoms with Crippen molar-refractivity contribution in [2.24, 2.45) is 0 Å². The third kappa shape index (κ3) is 2.83. The predicted molar refractivity (Wildman–Crippen MR) is 82.3 cm³/mol. The summed E-state index contributed by atoms with van der Waals surface area (Å²) in [5.74, 6) is 0. The minimum Gasteiger partial charge on any atom is -0.379 e. The lowest BCUT2D eigenvalue weighted by Crippen LogP contribution is -2.03. The van der Waals surface area contributed by atoms with Crippen molar-refractivity contribution >= 4 is 17.3 Å². The molecule has 0 saturated carbocycles. The second-order valence-electron chi connectivity index (χ2n) is 4.47. The van der Waals surface area contributed by atoms with E-state index in [-0.39, 0.29) is 0 Å². The number of rotatable bonds is 4. The quantitative estimate of drug-likeness (QED) is 0.780. The lowest BCUT2D eigenvalue weighted by atomic mass is 10.2. The summed E-state index contributed by atoms with van der Waals surface area (Å²) < 4.78 is 1.99. The van der Waals surface area contributed by atoms with Gasteiger partial charge in [-0.2, -0.15) is 0 Å². The van der Waals surface area contributed by atoms with Crippen LogP contribution < -0.4 is 5.32 Å². The van der Waals surface area contributed by atoms with E-state index in [2.05, 4.69) is 28.5 Å². The van der Waals surface area contributed by atoms with Crippen LogP contribution in [0.5, 0.6) is 0 Å². The molecule has 3 nitrogen and oxygen atoms in total. The zero-order chi connectivity index (χ0) is 13.8. The molecular weight excluding hydrogens is 270 g/mol. The van der Waals surface area contributed by atoms with Gasteiger partial charge in [0.05, 0.1) is 17.7 Å². The molecule has 1 N–H and O–H groups in total. The Labute approximate surface area is 122 Å². The Morgan fingerprint density at radius 3 is 2.80 bits per heavy atom. The molecule has 3 rings (SSSR count). The lowest BCUT2D eigenvalue weighted by molar-refractivity contribution is 1.04. The van der Waals surface area contributed by atoms with Gasteiger partial charge >= 0.3 is 0 Å². The standard InChI is InChI=1S/C16H14ClN3/c17-14-5-3-4-13(10-14)11-19-15-6-1-2-7-16(15)20-9-8-18-12-20/h1-10,12,19H,11H2. The molecule has 100 valence electrons. The van der Waals surface area contributed by atoms with E-state index in [4.69, 9.17) is 11.6 Å². The molecule has 20 heavy (non-hydrogen) atoms. The van der Waals surface area contributed by atoms with Crippen molar-refractivity contribution < 1.29 is 0 Å². The van der Waals surface area contributed by atoms with Crippen LogP contribution in [-0.2, 0) is 6.54 Å². The monoisotopic (exact) mass is 283 g/mol. The van der Waals surface area contributed by atoms with Gasteiger partial charge in [0.2, 0.25) is 0 Å². The first-order chi connectivity index (χ1) is 9.83. The van der Waals surface area contributed by atoms with Gasteiger partial charge in [0, 0.05) is 24.0 Å². The van der Waals surface area contributed by atoms with Gasteiger partial charge in [-0.05, 0) is 29.8 Å². The number of benzene rings is 2. The summed E-state index contributed by atoms with van der Waals surface area (Å²) in [4.78, 5) is 4.09. The molecule has 0 fully saturated rings. The zero-order valence-corrected chi connectivity index (χ0v) is 11.6. The molecule has 4 heteroatoms. The molecule has 1 heterocycles. The van der Waals surface area contributed by atoms with E-state index in [1.165, 1.54) is 0 Å². The summed E-state index contributed by atoms with van der Waals surface area (Å²) in [5.41, 5.74) is 3.29. The van der Waals surface area contributed by atoms with E-state index in [1.54, 1.807) is 12.5 Å². The lowest BCUT2D eigenvalue weighted by Gasteiger charge is -2.12. The molecular formula is C16H14ClN3. The first-order valence-corrected chi connectivity index (χ1v) is 6.76. The molecule has 3 aromatic rings. The van der Waals surface area contributed by atoms with E-state index in [0.29, 0.717) is 0 Å². The van der Waals surface area contributed by atoms with Gasteiger partial charge in [-0.3, -0.25) is 0 Å². The average molecular weight is 284 g/mol. The Morgan fingerprint density at radius 2 is 2.00 bits per heavy atom. The third-order valence-corrected chi connectivity index (χ3v) is 3.29. The number of nitrogens with zero attached hydrogens (tertiary/aromatic N) is 2. The van der Waals surface area contributed by atoms with Crippen molar-refractivity contribution in [1.82, 2.24) is 9.55 Å². The summed E-state index contributed by atoms with van der Waals surface area (Å²) in [6, 6.07) is 16.0. The van der Waals surface area contributed by atoms with Gasteiger partial charge in [0.25, 0.3) is 0 Å². The number of hydrogen-bond donors (Lipinski definition) is 1. The first-order valence-electron chi connectivity index (χ1n) is 6.38. The highest BCUT2D eigenvalue weighted by molar-refractivity contribution is 6.30. The van der Waals surface area contributed by atoms with Gasteiger partial charge in [0.15, 0.2) is 0 Å². The Kier molecular flexibility index (Phi) is 3.70. The van der Waals surface area contributed by atoms with Gasteiger partial charge < -0.3 is 9.88 Å². The minimum absolute atomic E-state index is 0.728. The van der Waals surface area contributed by atoms with Crippen molar-refractivity contribution in [2.45, 2.75) is 6.54 Å². The fourth-order valence-corrected chi connectivity index (χ4v) is 2.31. The summed E-state index contributed by atoms with van der Waals surface area (Å²) in [7, 11) is 0. The van der Waals surface area contributed by atoms with E-state index >= 15 is 0 Å². The summed E-state index contributed by atoms with van der Waals surface area (Å²) >= 11 is 6.00. The van der Waals surface area contributed by atoms with Gasteiger partial charge in [0.1, 0.15) is 0 Å². The SMILES string of the molecule is Clc1cccc(CNc2ccccc2-n2ccnc2)c1. The van der Waals surface area contributed by atoms with Crippen LogP contribution in [0.3, 0.4) is 0 Å². The molecule has 0 aliphatic carbocycles. The number of imidazole rings is 1. The maximum absolute atomic E-state index is 6.00. The predicted octanol–water partition coefficient (Wildman–Crippen LogP) is 4.14. The highest BCUT2D eigenvalue weighted by atomic mass is 35.5. The third-order valence-electron chi connectivity index (χ3n) is 3.06. The molecule has 0 bridgehead atoms. The van der Waals surface area contributed by atoms with Crippen LogP contribution in [0, 0.1) is 0 Å². The Bertz CT molecular complexity index is 692. The van der Waals surface area contributed by atoms with Crippen LogP contribution >= 0.6 is 11.6 Å². The van der Waals surface area contributed by atoms with Gasteiger partial charge in [-0.15, -0.1) is 0 Å². The molecule has 0 unspecified atom stereocenters. The number of halogens is 1. The van der Waals surface area contributed by atoms with Crippen molar-refractivity contribution in [3.8, 4) is 5.69 Å². The average Bonchev–Trinajstić information content (AvgIpc) is 3.00. The van der Waals surface area contributed by atoms with Crippen LogP contribution in [0.2, 0.25) is 5.02 Å². The molecule has 1 aromatic heterocycles. The number of hydrogen-bond acceptors (Lipinski definition) is 2. The maximum Gasteiger partial charge on any atom is 0.0992 e. The number of nitrogens with one attached hydrogen (secondary N) is 1. The highest BCUT2D eigenvalue weighted by Crippen LogP contribution is 2.20. The Balaban J connectivity index is 1.81. The summed E-state index contributed by atoms with van der Waals surface area (Å²) in [6.07, 6.45) is 5.49. The largest absolute Gasteiger partial charge is 0.379 e. The molecule has 0 aliphatic rings. The molecule has 0 saturated heterocycles. The van der Waals surface area contributed by atoms with E-state index in [0.717, 1.165) is 28.5 Å². The van der Waals surface area contributed by atoms with Crippen LogP contribution in [0.25, 0.3) is 5.69 Å². The second kappa shape index (κ2) is 5.80. The van der Waals surface area contributed by atoms with Gasteiger partial charge in [-0.1, -0.05) is 35.9 Å². The van der Waals surface area contributed by atoms with Crippen molar-refractivity contribution in [3.05, 3.63) is 77.8 Å². The second-order valence-corrected chi connectivity index (χ2v) is 4.91. The molecule has 0 atom stereocenters. The molecule has 0 spiro atoms. The van der Waals surface area contributed by atoms with E-state index < -0.39 is 0 Å². The number of aromatic nitrogens is 2. The number of para-hydroxylation sites is 2. The normalized spacial score (nSPS) is 10.4. The maximum atomic E-state index is 6.00. The van der Waals surface area contributed by atoms with Crippen molar-refractivity contribution in [1.29, 1.82) is 0 Å². The fourth-order valence-electron chi connectivity index (χ4n) is 2.09. The van der Waals surface area contributed by atoms with Crippen molar-refractivity contribution in [2.75, 3.05) is 5.32 Å². The van der Waals surface area contributed by atoms with E-state index in [9.17, 15) is 0 Å². The number of anilines is 1. The summed E-state index contributed by atoms with van der Waals surface area (Å²) in [5, 5.41) is 4.19. The van der Waals surface area contributed by atoms with Crippen LogP contribution in [0.4, 0.5) is 5.69 Å². The smallest absolute Gasteiger partial charge is 0.0992 e. The Hall–Kier alpha value is -2.26. The minimum atomic E-state index is 0.728.